The van der Waals surface area contributed by atoms with Crippen molar-refractivity contribution < 1.29 is 0 Å². The van der Waals surface area contributed by atoms with Gasteiger partial charge in [-0.3, -0.25) is 4.98 Å². The van der Waals surface area contributed by atoms with Gasteiger partial charge in [-0.05, 0) is 68.4 Å². The molecule has 3 heteroatoms. The van der Waals surface area contributed by atoms with Crippen LogP contribution in [0.4, 0.5) is 0 Å². The van der Waals surface area contributed by atoms with Gasteiger partial charge in [0.25, 0.3) is 0 Å². The number of nitrogens with zero attached hydrogens (tertiary/aromatic N) is 3. The van der Waals surface area contributed by atoms with Gasteiger partial charge in [0.2, 0.25) is 0 Å². The second kappa shape index (κ2) is 9.85. The van der Waals surface area contributed by atoms with Gasteiger partial charge in [0.05, 0.1) is 11.4 Å². The van der Waals surface area contributed by atoms with E-state index < -0.39 is 0 Å². The Morgan fingerprint density at radius 1 is 0.488 bits per heavy atom. The summed E-state index contributed by atoms with van der Waals surface area (Å²) >= 11 is 0. The van der Waals surface area contributed by atoms with E-state index in [1.165, 1.54) is 33.0 Å². The third-order valence-electron chi connectivity index (χ3n) is 8.81. The maximum Gasteiger partial charge on any atom is 0.160 e. The van der Waals surface area contributed by atoms with Crippen molar-refractivity contribution in [2.45, 2.75) is 19.3 Å². The molecule has 0 amide bonds. The molecule has 8 rings (SSSR count). The molecule has 5 aromatic carbocycles. The van der Waals surface area contributed by atoms with Crippen molar-refractivity contribution in [1.82, 2.24) is 15.0 Å². The molecule has 1 aliphatic rings. The summed E-state index contributed by atoms with van der Waals surface area (Å²) in [6.45, 7) is 4.66. The number of benzene rings is 5. The van der Waals surface area contributed by atoms with Crippen molar-refractivity contribution in [1.29, 1.82) is 0 Å². The zero-order valence-electron chi connectivity index (χ0n) is 24.1. The molecule has 0 atom stereocenters. The molecular formula is C40H29N3. The third-order valence-corrected chi connectivity index (χ3v) is 8.81. The zero-order valence-corrected chi connectivity index (χ0v) is 24.1. The predicted molar refractivity (Wildman–Crippen MR) is 177 cm³/mol. The highest BCUT2D eigenvalue weighted by Gasteiger charge is 2.36. The van der Waals surface area contributed by atoms with Crippen LogP contribution in [0, 0.1) is 0 Å². The average Bonchev–Trinajstić information content (AvgIpc) is 3.31. The fourth-order valence-electron chi connectivity index (χ4n) is 6.52. The van der Waals surface area contributed by atoms with Crippen LogP contribution in [-0.2, 0) is 5.41 Å². The highest BCUT2D eigenvalue weighted by molar-refractivity contribution is 6.03. The first-order valence-electron chi connectivity index (χ1n) is 14.7. The van der Waals surface area contributed by atoms with Crippen LogP contribution in [0.15, 0.2) is 140 Å². The minimum Gasteiger partial charge on any atom is -0.265 e. The number of fused-ring (bicyclic) bond motifs is 5. The number of hydrogen-bond acceptors (Lipinski definition) is 3. The highest BCUT2D eigenvalue weighted by Crippen LogP contribution is 2.52. The Kier molecular flexibility index (Phi) is 5.80. The van der Waals surface area contributed by atoms with Gasteiger partial charge in [-0.1, -0.05) is 117 Å². The van der Waals surface area contributed by atoms with Crippen LogP contribution in [0.1, 0.15) is 25.0 Å². The van der Waals surface area contributed by atoms with E-state index >= 15 is 0 Å². The lowest BCUT2D eigenvalue weighted by molar-refractivity contribution is 0.661. The second-order valence-corrected chi connectivity index (χ2v) is 11.7. The average molecular weight is 552 g/mol. The van der Waals surface area contributed by atoms with E-state index in [0.29, 0.717) is 0 Å². The fraction of sp³-hybridized carbons (Fsp3) is 0.0750. The third kappa shape index (κ3) is 4.24. The number of pyridine rings is 1. The van der Waals surface area contributed by atoms with Crippen LogP contribution in [0.25, 0.3) is 66.9 Å². The number of hydrogen-bond donors (Lipinski definition) is 0. The minimum atomic E-state index is -0.0736. The lowest BCUT2D eigenvalue weighted by Gasteiger charge is -2.21. The summed E-state index contributed by atoms with van der Waals surface area (Å²) in [6.07, 6.45) is 3.65. The topological polar surface area (TPSA) is 38.7 Å². The second-order valence-electron chi connectivity index (χ2n) is 11.7. The van der Waals surface area contributed by atoms with E-state index in [1.807, 2.05) is 42.7 Å². The summed E-state index contributed by atoms with van der Waals surface area (Å²) in [5, 5.41) is 2.56. The Bertz CT molecular complexity index is 2130. The zero-order chi connectivity index (χ0) is 29.0. The Labute approximate surface area is 251 Å². The molecular weight excluding hydrogens is 522 g/mol. The van der Waals surface area contributed by atoms with Gasteiger partial charge in [-0.15, -0.1) is 0 Å². The van der Waals surface area contributed by atoms with Gasteiger partial charge in [0.1, 0.15) is 0 Å². The molecule has 1 aliphatic carbocycles. The molecule has 0 aliphatic heterocycles. The Hall–Kier alpha value is -5.41. The highest BCUT2D eigenvalue weighted by atomic mass is 14.9. The van der Waals surface area contributed by atoms with Crippen LogP contribution < -0.4 is 0 Å². The van der Waals surface area contributed by atoms with Crippen LogP contribution >= 0.6 is 0 Å². The summed E-state index contributed by atoms with van der Waals surface area (Å²) < 4.78 is 0. The van der Waals surface area contributed by atoms with Gasteiger partial charge in [-0.2, -0.15) is 0 Å². The lowest BCUT2D eigenvalue weighted by atomic mass is 9.82. The summed E-state index contributed by atoms with van der Waals surface area (Å²) in [5.41, 5.74) is 12.5. The van der Waals surface area contributed by atoms with Crippen LogP contribution in [0.3, 0.4) is 0 Å². The van der Waals surface area contributed by atoms with E-state index in [1.54, 1.807) is 0 Å². The molecule has 0 bridgehead atoms. The Balaban J connectivity index is 1.29. The standard InChI is InChI=1S/C40H29N3/c1-40(2)34-18-17-31(24-33(34)38-32-11-7-6-8-28(32)16-19-35(38)40)37-25-36(42-39(43-37)30-9-4-3-5-10-30)29-14-12-26(13-15-29)27-20-22-41-23-21-27/h3-25H,1-2H3. The smallest absolute Gasteiger partial charge is 0.160 e. The van der Waals surface area contributed by atoms with Crippen LogP contribution in [0.2, 0.25) is 0 Å². The maximum absolute atomic E-state index is 5.13. The van der Waals surface area contributed by atoms with E-state index in [2.05, 4.69) is 116 Å². The molecule has 2 aromatic heterocycles. The van der Waals surface area contributed by atoms with Gasteiger partial charge in [-0.25, -0.2) is 9.97 Å². The summed E-state index contributed by atoms with van der Waals surface area (Å²) in [6, 6.07) is 45.1. The maximum atomic E-state index is 5.13. The van der Waals surface area contributed by atoms with E-state index in [0.717, 1.165) is 45.0 Å². The molecule has 0 saturated heterocycles. The molecule has 0 spiro atoms. The Morgan fingerprint density at radius 3 is 1.91 bits per heavy atom. The predicted octanol–water partition coefficient (Wildman–Crippen LogP) is 10.00. The Morgan fingerprint density at radius 2 is 1.12 bits per heavy atom. The number of rotatable bonds is 4. The van der Waals surface area contributed by atoms with Crippen molar-refractivity contribution in [2.75, 3.05) is 0 Å². The van der Waals surface area contributed by atoms with Gasteiger partial charge in [0.15, 0.2) is 5.82 Å². The molecule has 7 aromatic rings. The molecule has 3 nitrogen and oxygen atoms in total. The van der Waals surface area contributed by atoms with Crippen molar-refractivity contribution >= 4 is 10.8 Å². The molecule has 0 fully saturated rings. The fourth-order valence-corrected chi connectivity index (χ4v) is 6.52. The van der Waals surface area contributed by atoms with Gasteiger partial charge >= 0.3 is 0 Å². The normalized spacial score (nSPS) is 13.1. The molecule has 0 unspecified atom stereocenters. The van der Waals surface area contributed by atoms with Crippen molar-refractivity contribution in [3.8, 4) is 56.2 Å². The molecule has 0 saturated carbocycles. The molecule has 0 N–H and O–H groups in total. The molecule has 0 radical (unpaired) electrons. The van der Waals surface area contributed by atoms with Gasteiger partial charge in [0, 0.05) is 34.5 Å². The summed E-state index contributed by atoms with van der Waals surface area (Å²) in [5.74, 6) is 0.720. The van der Waals surface area contributed by atoms with Crippen LogP contribution in [0.5, 0.6) is 0 Å². The van der Waals surface area contributed by atoms with Crippen molar-refractivity contribution in [3.05, 3.63) is 151 Å². The van der Waals surface area contributed by atoms with Crippen LogP contribution in [-0.4, -0.2) is 15.0 Å². The summed E-state index contributed by atoms with van der Waals surface area (Å²) in [4.78, 5) is 14.3. The molecule has 204 valence electrons. The SMILES string of the molecule is CC1(C)c2ccc(-c3cc(-c4ccc(-c5ccncc5)cc4)nc(-c4ccccc4)n3)cc2-c2c1ccc1ccccc21. The first-order chi connectivity index (χ1) is 21.1. The van der Waals surface area contributed by atoms with Gasteiger partial charge < -0.3 is 0 Å². The largest absolute Gasteiger partial charge is 0.265 e. The number of aromatic nitrogens is 3. The minimum absolute atomic E-state index is 0.0736. The first kappa shape index (κ1) is 25.3. The van der Waals surface area contributed by atoms with Crippen molar-refractivity contribution in [3.63, 3.8) is 0 Å². The molecule has 2 heterocycles. The van der Waals surface area contributed by atoms with E-state index in [9.17, 15) is 0 Å². The molecule has 43 heavy (non-hydrogen) atoms. The first-order valence-corrected chi connectivity index (χ1v) is 14.7. The monoisotopic (exact) mass is 551 g/mol. The summed E-state index contributed by atoms with van der Waals surface area (Å²) in [7, 11) is 0. The van der Waals surface area contributed by atoms with E-state index in [-0.39, 0.29) is 5.41 Å². The van der Waals surface area contributed by atoms with E-state index in [4.69, 9.17) is 9.97 Å². The quantitative estimate of drug-likeness (QED) is 0.218. The lowest BCUT2D eigenvalue weighted by Crippen LogP contribution is -2.14. The van der Waals surface area contributed by atoms with Crippen molar-refractivity contribution in [2.24, 2.45) is 0 Å².